The Hall–Kier alpha value is -1.39. The molecule has 1 unspecified atom stereocenters. The summed E-state index contributed by atoms with van der Waals surface area (Å²) in [4.78, 5) is 14.6. The van der Waals surface area contributed by atoms with Crippen molar-refractivity contribution in [3.63, 3.8) is 0 Å². The molecule has 1 atom stereocenters. The zero-order chi connectivity index (χ0) is 16.7. The van der Waals surface area contributed by atoms with Crippen LogP contribution in [0.2, 0.25) is 0 Å². The van der Waals surface area contributed by atoms with E-state index in [2.05, 4.69) is 55.3 Å². The van der Waals surface area contributed by atoms with Crippen molar-refractivity contribution in [2.75, 3.05) is 32.8 Å². The lowest BCUT2D eigenvalue weighted by atomic mass is 9.92. The van der Waals surface area contributed by atoms with Gasteiger partial charge < -0.3 is 10.1 Å². The number of nitrogens with zero attached hydrogens (tertiary/aromatic N) is 1. The van der Waals surface area contributed by atoms with Crippen LogP contribution in [0.3, 0.4) is 0 Å². The van der Waals surface area contributed by atoms with Crippen molar-refractivity contribution >= 4 is 5.91 Å². The van der Waals surface area contributed by atoms with Gasteiger partial charge in [-0.05, 0) is 17.4 Å². The lowest BCUT2D eigenvalue weighted by molar-refractivity contribution is -0.123. The fourth-order valence-electron chi connectivity index (χ4n) is 2.93. The predicted molar refractivity (Wildman–Crippen MR) is 93.4 cm³/mol. The molecule has 1 N–H and O–H groups in total. The standard InChI is InChI=1S/C19H30N2O2/c1-19(2,3)14-18(22)20-15-17(21-9-11-23-12-10-21)13-16-7-5-4-6-8-16/h4-8,17H,9-15H2,1-3H3,(H,20,22). The lowest BCUT2D eigenvalue weighted by Crippen LogP contribution is -2.50. The third-order valence-corrected chi connectivity index (χ3v) is 4.10. The van der Waals surface area contributed by atoms with E-state index in [0.29, 0.717) is 19.0 Å². The molecular formula is C19H30N2O2. The van der Waals surface area contributed by atoms with Crippen LogP contribution in [0, 0.1) is 5.41 Å². The van der Waals surface area contributed by atoms with Crippen molar-refractivity contribution < 1.29 is 9.53 Å². The van der Waals surface area contributed by atoms with E-state index in [1.54, 1.807) is 0 Å². The van der Waals surface area contributed by atoms with Crippen molar-refractivity contribution in [3.8, 4) is 0 Å². The summed E-state index contributed by atoms with van der Waals surface area (Å²) in [7, 11) is 0. The number of benzene rings is 1. The van der Waals surface area contributed by atoms with E-state index in [1.807, 2.05) is 6.07 Å². The Kier molecular flexibility index (Phi) is 6.60. The number of carbonyl (C=O) groups excluding carboxylic acids is 1. The van der Waals surface area contributed by atoms with Crippen LogP contribution >= 0.6 is 0 Å². The van der Waals surface area contributed by atoms with Gasteiger partial charge in [0.25, 0.3) is 0 Å². The number of rotatable bonds is 6. The first-order valence-corrected chi connectivity index (χ1v) is 8.56. The highest BCUT2D eigenvalue weighted by atomic mass is 16.5. The van der Waals surface area contributed by atoms with E-state index in [1.165, 1.54) is 5.56 Å². The summed E-state index contributed by atoms with van der Waals surface area (Å²) in [5.41, 5.74) is 1.34. The molecule has 1 fully saturated rings. The van der Waals surface area contributed by atoms with E-state index in [-0.39, 0.29) is 11.3 Å². The monoisotopic (exact) mass is 318 g/mol. The topological polar surface area (TPSA) is 41.6 Å². The van der Waals surface area contributed by atoms with Crippen LogP contribution in [0.15, 0.2) is 30.3 Å². The van der Waals surface area contributed by atoms with Gasteiger partial charge in [0, 0.05) is 32.1 Å². The molecule has 0 saturated carbocycles. The highest BCUT2D eigenvalue weighted by molar-refractivity contribution is 5.76. The van der Waals surface area contributed by atoms with Gasteiger partial charge in [0.15, 0.2) is 0 Å². The molecule has 23 heavy (non-hydrogen) atoms. The molecular weight excluding hydrogens is 288 g/mol. The third kappa shape index (κ3) is 6.71. The minimum Gasteiger partial charge on any atom is -0.379 e. The number of carbonyl (C=O) groups is 1. The Balaban J connectivity index is 1.94. The second kappa shape index (κ2) is 8.46. The van der Waals surface area contributed by atoms with Crippen LogP contribution in [0.1, 0.15) is 32.8 Å². The second-order valence-electron chi connectivity index (χ2n) is 7.53. The number of ether oxygens (including phenoxy) is 1. The van der Waals surface area contributed by atoms with Gasteiger partial charge in [-0.2, -0.15) is 0 Å². The molecule has 1 saturated heterocycles. The maximum absolute atomic E-state index is 12.1. The Morgan fingerprint density at radius 1 is 1.22 bits per heavy atom. The van der Waals surface area contributed by atoms with E-state index in [9.17, 15) is 4.79 Å². The van der Waals surface area contributed by atoms with E-state index in [4.69, 9.17) is 4.74 Å². The van der Waals surface area contributed by atoms with Crippen molar-refractivity contribution in [1.82, 2.24) is 10.2 Å². The lowest BCUT2D eigenvalue weighted by Gasteiger charge is -2.35. The number of hydrogen-bond acceptors (Lipinski definition) is 3. The van der Waals surface area contributed by atoms with Gasteiger partial charge in [0.2, 0.25) is 5.91 Å². The van der Waals surface area contributed by atoms with Gasteiger partial charge in [0.1, 0.15) is 0 Å². The minimum absolute atomic E-state index is 0.0258. The Morgan fingerprint density at radius 2 is 1.87 bits per heavy atom. The van der Waals surface area contributed by atoms with Crippen LogP contribution in [0.4, 0.5) is 0 Å². The van der Waals surface area contributed by atoms with Gasteiger partial charge in [-0.15, -0.1) is 0 Å². The molecule has 0 bridgehead atoms. The van der Waals surface area contributed by atoms with E-state index < -0.39 is 0 Å². The number of hydrogen-bond donors (Lipinski definition) is 1. The number of nitrogens with one attached hydrogen (secondary N) is 1. The largest absolute Gasteiger partial charge is 0.379 e. The first-order valence-electron chi connectivity index (χ1n) is 8.56. The zero-order valence-corrected chi connectivity index (χ0v) is 14.7. The SMILES string of the molecule is CC(C)(C)CC(=O)NCC(Cc1ccccc1)N1CCOCC1. The first-order chi connectivity index (χ1) is 10.9. The number of amides is 1. The maximum atomic E-state index is 12.1. The molecule has 1 amide bonds. The summed E-state index contributed by atoms with van der Waals surface area (Å²) in [6.45, 7) is 10.4. The van der Waals surface area contributed by atoms with E-state index >= 15 is 0 Å². The van der Waals surface area contributed by atoms with Crippen LogP contribution in [0.5, 0.6) is 0 Å². The fourth-order valence-corrected chi connectivity index (χ4v) is 2.93. The Morgan fingerprint density at radius 3 is 2.48 bits per heavy atom. The number of morpholine rings is 1. The summed E-state index contributed by atoms with van der Waals surface area (Å²) in [5.74, 6) is 0.142. The molecule has 0 spiro atoms. The molecule has 2 rings (SSSR count). The molecule has 1 aliphatic rings. The summed E-state index contributed by atoms with van der Waals surface area (Å²) in [6, 6.07) is 10.8. The summed E-state index contributed by atoms with van der Waals surface area (Å²) in [5, 5.41) is 3.14. The van der Waals surface area contributed by atoms with Gasteiger partial charge in [-0.3, -0.25) is 9.69 Å². The molecule has 4 nitrogen and oxygen atoms in total. The minimum atomic E-state index is 0.0258. The summed E-state index contributed by atoms with van der Waals surface area (Å²) in [6.07, 6.45) is 1.52. The molecule has 1 aliphatic heterocycles. The normalized spacial score (nSPS) is 17.7. The summed E-state index contributed by atoms with van der Waals surface area (Å²) < 4.78 is 5.46. The fraction of sp³-hybridized carbons (Fsp3) is 0.632. The van der Waals surface area contributed by atoms with Crippen molar-refractivity contribution in [2.24, 2.45) is 5.41 Å². The average Bonchev–Trinajstić information content (AvgIpc) is 2.51. The van der Waals surface area contributed by atoms with Gasteiger partial charge in [-0.25, -0.2) is 0 Å². The van der Waals surface area contributed by atoms with Gasteiger partial charge >= 0.3 is 0 Å². The highest BCUT2D eigenvalue weighted by Crippen LogP contribution is 2.18. The van der Waals surface area contributed by atoms with Crippen LogP contribution in [0.25, 0.3) is 0 Å². The molecule has 0 aromatic heterocycles. The smallest absolute Gasteiger partial charge is 0.220 e. The molecule has 1 heterocycles. The molecule has 0 radical (unpaired) electrons. The van der Waals surface area contributed by atoms with Crippen LogP contribution in [-0.4, -0.2) is 49.7 Å². The van der Waals surface area contributed by atoms with Gasteiger partial charge in [0.05, 0.1) is 13.2 Å². The highest BCUT2D eigenvalue weighted by Gasteiger charge is 2.23. The van der Waals surface area contributed by atoms with Crippen LogP contribution in [-0.2, 0) is 16.0 Å². The first kappa shape index (κ1) is 18.0. The van der Waals surface area contributed by atoms with Crippen LogP contribution < -0.4 is 5.32 Å². The second-order valence-corrected chi connectivity index (χ2v) is 7.53. The van der Waals surface area contributed by atoms with Crippen molar-refractivity contribution in [3.05, 3.63) is 35.9 Å². The van der Waals surface area contributed by atoms with Crippen molar-refractivity contribution in [2.45, 2.75) is 39.7 Å². The molecule has 0 aliphatic carbocycles. The van der Waals surface area contributed by atoms with Gasteiger partial charge in [-0.1, -0.05) is 51.1 Å². The zero-order valence-electron chi connectivity index (χ0n) is 14.7. The third-order valence-electron chi connectivity index (χ3n) is 4.10. The summed E-state index contributed by atoms with van der Waals surface area (Å²) >= 11 is 0. The molecule has 1 aromatic carbocycles. The quantitative estimate of drug-likeness (QED) is 0.876. The average molecular weight is 318 g/mol. The van der Waals surface area contributed by atoms with Crippen molar-refractivity contribution in [1.29, 1.82) is 0 Å². The maximum Gasteiger partial charge on any atom is 0.220 e. The Bertz CT molecular complexity index is 476. The molecule has 4 heteroatoms. The predicted octanol–water partition coefficient (Wildman–Crippen LogP) is 2.48. The Labute approximate surface area is 140 Å². The molecule has 128 valence electrons. The molecule has 1 aromatic rings. The van der Waals surface area contributed by atoms with E-state index in [0.717, 1.165) is 32.7 Å².